The second-order valence-electron chi connectivity index (χ2n) is 9.10. The summed E-state index contributed by atoms with van der Waals surface area (Å²) in [5.41, 5.74) is -0.762. The lowest BCUT2D eigenvalue weighted by atomic mass is 9.90. The second-order valence-corrected chi connectivity index (χ2v) is 9.10. The minimum Gasteiger partial charge on any atom is -0.464 e. The lowest BCUT2D eigenvalue weighted by Crippen LogP contribution is -2.61. The van der Waals surface area contributed by atoms with Crippen LogP contribution in [0.1, 0.15) is 56.0 Å². The molecule has 0 aliphatic heterocycles. The van der Waals surface area contributed by atoms with E-state index in [1.807, 2.05) is 0 Å². The fraction of sp³-hybridized carbons (Fsp3) is 0.414. The maximum atomic E-state index is 12.8. The topological polar surface area (TPSA) is 134 Å². The van der Waals surface area contributed by atoms with Crippen LogP contribution in [0.3, 0.4) is 0 Å². The van der Waals surface area contributed by atoms with Gasteiger partial charge in [0.05, 0.1) is 19.1 Å². The van der Waals surface area contributed by atoms with E-state index in [0.29, 0.717) is 17.1 Å². The van der Waals surface area contributed by atoms with Crippen LogP contribution in [0, 0.1) is 5.92 Å². The van der Waals surface area contributed by atoms with E-state index < -0.39 is 23.4 Å². The highest BCUT2D eigenvalue weighted by Gasteiger charge is 2.49. The van der Waals surface area contributed by atoms with Gasteiger partial charge in [-0.1, -0.05) is 12.1 Å². The lowest BCUT2D eigenvalue weighted by molar-refractivity contribution is -0.168. The Morgan fingerprint density at radius 3 is 1.85 bits per heavy atom. The summed E-state index contributed by atoms with van der Waals surface area (Å²) in [5.74, 6) is -1.95. The number of hydrogen-bond acceptors (Lipinski definition) is 9. The molecule has 1 amide bonds. The first-order valence-electron chi connectivity index (χ1n) is 12.9. The van der Waals surface area contributed by atoms with Crippen LogP contribution in [-0.4, -0.2) is 55.0 Å². The summed E-state index contributed by atoms with van der Waals surface area (Å²) in [6.45, 7) is 4.22. The lowest BCUT2D eigenvalue weighted by Gasteiger charge is -2.29. The molecular formula is C29H33NO9. The van der Waals surface area contributed by atoms with E-state index in [1.165, 1.54) is 6.92 Å². The van der Waals surface area contributed by atoms with E-state index >= 15 is 0 Å². The number of carbonyl (C=O) groups excluding carboxylic acids is 5. The van der Waals surface area contributed by atoms with E-state index in [4.69, 9.17) is 18.9 Å². The Bertz CT molecular complexity index is 1170. The number of esters is 3. The number of rotatable bonds is 14. The van der Waals surface area contributed by atoms with Gasteiger partial charge in [0.1, 0.15) is 11.5 Å². The Hall–Kier alpha value is -4.21. The van der Waals surface area contributed by atoms with Crippen LogP contribution in [0.5, 0.6) is 11.5 Å². The van der Waals surface area contributed by atoms with Crippen LogP contribution in [0.15, 0.2) is 48.5 Å². The minimum atomic E-state index is -1.96. The van der Waals surface area contributed by atoms with Gasteiger partial charge in [-0.3, -0.25) is 14.4 Å². The molecule has 2 aromatic carbocycles. The molecule has 39 heavy (non-hydrogen) atoms. The van der Waals surface area contributed by atoms with Gasteiger partial charge < -0.3 is 24.3 Å². The first kappa shape index (κ1) is 29.3. The van der Waals surface area contributed by atoms with Crippen molar-refractivity contribution in [3.8, 4) is 11.5 Å². The van der Waals surface area contributed by atoms with Crippen molar-refractivity contribution >= 4 is 29.6 Å². The zero-order chi connectivity index (χ0) is 28.4. The number of hydrogen-bond donors (Lipinski definition) is 1. The van der Waals surface area contributed by atoms with Crippen LogP contribution in [0.4, 0.5) is 0 Å². The van der Waals surface area contributed by atoms with Crippen LogP contribution in [0.25, 0.3) is 0 Å². The molecule has 0 heterocycles. The Kier molecular flexibility index (Phi) is 10.2. The molecule has 0 atom stereocenters. The van der Waals surface area contributed by atoms with Gasteiger partial charge >= 0.3 is 17.9 Å². The van der Waals surface area contributed by atoms with Crippen LogP contribution in [-0.2, 0) is 39.8 Å². The van der Waals surface area contributed by atoms with E-state index in [-0.39, 0.29) is 50.3 Å². The van der Waals surface area contributed by atoms with Gasteiger partial charge in [0.25, 0.3) is 0 Å². The summed E-state index contributed by atoms with van der Waals surface area (Å²) in [7, 11) is 0. The number of amides is 1. The molecule has 0 aromatic heterocycles. The number of nitrogens with one attached hydrogen (secondary N) is 1. The van der Waals surface area contributed by atoms with Gasteiger partial charge in [-0.05, 0) is 81.5 Å². The molecule has 1 N–H and O–H groups in total. The van der Waals surface area contributed by atoms with E-state index in [2.05, 4.69) is 5.32 Å². The number of Topliss-reactive ketones (excluding diaryl/α,β-unsaturated/α-hetero) is 1. The maximum absolute atomic E-state index is 12.8. The summed E-state index contributed by atoms with van der Waals surface area (Å²) >= 11 is 0. The SMILES string of the molecule is CCOC(=O)C(CCc1ccc(Oc2ccc(C(=O)COC(=O)C3CC3)cc2)cc1)(NC(C)=O)C(=O)OCC. The van der Waals surface area contributed by atoms with E-state index in [9.17, 15) is 24.0 Å². The minimum absolute atomic E-state index is 0.0363. The molecule has 1 aliphatic carbocycles. The molecule has 0 saturated heterocycles. The Balaban J connectivity index is 1.61. The molecule has 0 unspecified atom stereocenters. The zero-order valence-corrected chi connectivity index (χ0v) is 22.3. The first-order chi connectivity index (χ1) is 18.7. The molecular weight excluding hydrogens is 506 g/mol. The quantitative estimate of drug-likeness (QED) is 0.166. The fourth-order valence-corrected chi connectivity index (χ4v) is 3.82. The van der Waals surface area contributed by atoms with Crippen molar-refractivity contribution in [2.75, 3.05) is 19.8 Å². The number of ether oxygens (including phenoxy) is 4. The van der Waals surface area contributed by atoms with Crippen LogP contribution in [0.2, 0.25) is 0 Å². The smallest absolute Gasteiger partial charge is 0.343 e. The van der Waals surface area contributed by atoms with Crippen molar-refractivity contribution in [1.29, 1.82) is 0 Å². The molecule has 2 aromatic rings. The van der Waals surface area contributed by atoms with Gasteiger partial charge in [-0.15, -0.1) is 0 Å². The normalized spacial score (nSPS) is 12.7. The van der Waals surface area contributed by atoms with Crippen molar-refractivity contribution in [1.82, 2.24) is 5.32 Å². The van der Waals surface area contributed by atoms with E-state index in [1.54, 1.807) is 62.4 Å². The number of ketones is 1. The highest BCUT2D eigenvalue weighted by atomic mass is 16.6. The predicted octanol–water partition coefficient (Wildman–Crippen LogP) is 3.55. The molecule has 0 bridgehead atoms. The van der Waals surface area contributed by atoms with Gasteiger partial charge in [0, 0.05) is 12.5 Å². The van der Waals surface area contributed by atoms with Gasteiger partial charge in [0.15, 0.2) is 12.4 Å². The number of carbonyl (C=O) groups is 5. The third-order valence-electron chi connectivity index (χ3n) is 6.02. The molecule has 208 valence electrons. The number of benzene rings is 2. The van der Waals surface area contributed by atoms with Crippen LogP contribution >= 0.6 is 0 Å². The molecule has 0 radical (unpaired) electrons. The summed E-state index contributed by atoms with van der Waals surface area (Å²) in [6, 6.07) is 13.5. The average molecular weight is 540 g/mol. The Morgan fingerprint density at radius 1 is 0.821 bits per heavy atom. The standard InChI is InChI=1S/C29H33NO9/c1-4-36-27(34)29(30-19(3)31,28(35)37-5-2)17-16-20-6-12-23(13-7-20)39-24-14-10-21(11-15-24)25(32)18-38-26(33)22-8-9-22/h6-7,10-15,22H,4-5,8-9,16-18H2,1-3H3,(H,30,31). The molecule has 1 fully saturated rings. The Morgan fingerprint density at radius 2 is 1.36 bits per heavy atom. The largest absolute Gasteiger partial charge is 0.464 e. The van der Waals surface area contributed by atoms with Gasteiger partial charge in [-0.25, -0.2) is 9.59 Å². The predicted molar refractivity (Wildman–Crippen MR) is 139 cm³/mol. The van der Waals surface area contributed by atoms with Crippen molar-refractivity contribution < 1.29 is 42.9 Å². The Labute approximate surface area is 226 Å². The highest BCUT2D eigenvalue weighted by Crippen LogP contribution is 2.30. The first-order valence-corrected chi connectivity index (χ1v) is 12.9. The van der Waals surface area contributed by atoms with Crippen molar-refractivity contribution in [2.45, 2.75) is 52.0 Å². The van der Waals surface area contributed by atoms with Crippen molar-refractivity contribution in [3.05, 3.63) is 59.7 Å². The third kappa shape index (κ3) is 8.13. The average Bonchev–Trinajstić information content (AvgIpc) is 3.76. The highest BCUT2D eigenvalue weighted by molar-refractivity contribution is 6.07. The molecule has 1 saturated carbocycles. The van der Waals surface area contributed by atoms with Gasteiger partial charge in [0.2, 0.25) is 11.4 Å². The maximum Gasteiger partial charge on any atom is 0.343 e. The number of aryl methyl sites for hydroxylation is 1. The molecule has 10 nitrogen and oxygen atoms in total. The molecule has 1 aliphatic rings. The summed E-state index contributed by atoms with van der Waals surface area (Å²) < 4.78 is 21.1. The van der Waals surface area contributed by atoms with Crippen molar-refractivity contribution in [3.63, 3.8) is 0 Å². The molecule has 3 rings (SSSR count). The van der Waals surface area contributed by atoms with Crippen molar-refractivity contribution in [2.24, 2.45) is 5.92 Å². The summed E-state index contributed by atoms with van der Waals surface area (Å²) in [4.78, 5) is 61.2. The fourth-order valence-electron chi connectivity index (χ4n) is 3.82. The van der Waals surface area contributed by atoms with Gasteiger partial charge in [-0.2, -0.15) is 0 Å². The summed E-state index contributed by atoms with van der Waals surface area (Å²) in [6.07, 6.45) is 1.84. The zero-order valence-electron chi connectivity index (χ0n) is 22.3. The monoisotopic (exact) mass is 539 g/mol. The molecule has 0 spiro atoms. The third-order valence-corrected chi connectivity index (χ3v) is 6.02. The van der Waals surface area contributed by atoms with Crippen LogP contribution < -0.4 is 10.1 Å². The molecule has 10 heteroatoms. The summed E-state index contributed by atoms with van der Waals surface area (Å²) in [5, 5.41) is 2.45. The van der Waals surface area contributed by atoms with E-state index in [0.717, 1.165) is 18.4 Å². The second kappa shape index (κ2) is 13.5.